The summed E-state index contributed by atoms with van der Waals surface area (Å²) in [6.07, 6.45) is -4.48. The lowest BCUT2D eigenvalue weighted by atomic mass is 10.3. The first-order valence-electron chi connectivity index (χ1n) is 2.85. The van der Waals surface area contributed by atoms with Crippen molar-refractivity contribution in [2.24, 2.45) is 0 Å². The Morgan fingerprint density at radius 2 is 2.00 bits per heavy atom. The Kier molecular flexibility index (Phi) is 2.87. The summed E-state index contributed by atoms with van der Waals surface area (Å²) in [5.41, 5.74) is 0. The Hall–Kier alpha value is -1.04. The molecule has 0 spiro atoms. The van der Waals surface area contributed by atoms with E-state index in [2.05, 4.69) is 11.3 Å². The molecule has 0 amide bonds. The van der Waals surface area contributed by atoms with Crippen LogP contribution in [0.4, 0.5) is 13.2 Å². The molecule has 0 rings (SSSR count). The van der Waals surface area contributed by atoms with Crippen molar-refractivity contribution in [1.82, 2.24) is 0 Å². The topological polar surface area (TPSA) is 46.5 Å². The van der Waals surface area contributed by atoms with E-state index in [-0.39, 0.29) is 0 Å². The van der Waals surface area contributed by atoms with Crippen LogP contribution in [0.2, 0.25) is 0 Å². The second-order valence-electron chi connectivity index (χ2n) is 2.11. The molecule has 0 bridgehead atoms. The molecule has 70 valence electrons. The summed E-state index contributed by atoms with van der Waals surface area (Å²) in [5.74, 6) is -4.80. The number of hydrogen-bond acceptors (Lipinski definition) is 3. The highest BCUT2D eigenvalue weighted by atomic mass is 19.4. The van der Waals surface area contributed by atoms with Crippen LogP contribution < -0.4 is 0 Å². The molecule has 0 heterocycles. The molecule has 0 aliphatic rings. The second-order valence-corrected chi connectivity index (χ2v) is 2.11. The van der Waals surface area contributed by atoms with Gasteiger partial charge in [0.15, 0.2) is 0 Å². The molecule has 1 unspecified atom stereocenters. The molecule has 0 aromatic heterocycles. The molecule has 0 saturated heterocycles. The van der Waals surface area contributed by atoms with Gasteiger partial charge in [-0.25, -0.2) is 4.79 Å². The lowest BCUT2D eigenvalue weighted by Gasteiger charge is -2.24. The van der Waals surface area contributed by atoms with E-state index in [1.165, 1.54) is 0 Å². The van der Waals surface area contributed by atoms with Gasteiger partial charge in [0.1, 0.15) is 0 Å². The van der Waals surface area contributed by atoms with Crippen molar-refractivity contribution in [2.75, 3.05) is 0 Å². The zero-order chi connectivity index (χ0) is 9.99. The number of carbonyl (C=O) groups is 1. The van der Waals surface area contributed by atoms with Gasteiger partial charge in [-0.2, -0.15) is 13.2 Å². The zero-order valence-electron chi connectivity index (χ0n) is 6.18. The van der Waals surface area contributed by atoms with Crippen molar-refractivity contribution in [3.8, 4) is 0 Å². The highest BCUT2D eigenvalue weighted by Crippen LogP contribution is 2.30. The maximum Gasteiger partial charge on any atom is 0.455 e. The molecule has 0 saturated carbocycles. The van der Waals surface area contributed by atoms with Gasteiger partial charge in [-0.15, -0.1) is 0 Å². The SMILES string of the molecule is C=CC(=O)OC(C)(O)C(F)(F)F. The Morgan fingerprint density at radius 1 is 1.58 bits per heavy atom. The maximum absolute atomic E-state index is 11.8. The van der Waals surface area contributed by atoms with E-state index < -0.39 is 17.9 Å². The summed E-state index contributed by atoms with van der Waals surface area (Å²) in [7, 11) is 0. The monoisotopic (exact) mass is 184 g/mol. The average Bonchev–Trinajstić information content (AvgIpc) is 1.84. The Labute approximate surface area is 66.4 Å². The van der Waals surface area contributed by atoms with Crippen molar-refractivity contribution < 1.29 is 27.8 Å². The van der Waals surface area contributed by atoms with Crippen LogP contribution in [-0.4, -0.2) is 23.0 Å². The molecule has 0 aromatic rings. The number of rotatable bonds is 2. The van der Waals surface area contributed by atoms with Crippen LogP contribution in [0.5, 0.6) is 0 Å². The maximum atomic E-state index is 11.8. The quantitative estimate of drug-likeness (QED) is 0.395. The molecule has 0 fully saturated rings. The lowest BCUT2D eigenvalue weighted by Crippen LogP contribution is -2.45. The smallest absolute Gasteiger partial charge is 0.420 e. The van der Waals surface area contributed by atoms with Crippen LogP contribution >= 0.6 is 0 Å². The fourth-order valence-electron chi connectivity index (χ4n) is 0.295. The van der Waals surface area contributed by atoms with E-state index in [9.17, 15) is 18.0 Å². The Balaban J connectivity index is 4.43. The van der Waals surface area contributed by atoms with Gasteiger partial charge < -0.3 is 9.84 Å². The van der Waals surface area contributed by atoms with Gasteiger partial charge >= 0.3 is 17.9 Å². The molecule has 3 nitrogen and oxygen atoms in total. The summed E-state index contributed by atoms with van der Waals surface area (Å²) < 4.78 is 38.9. The van der Waals surface area contributed by atoms with Gasteiger partial charge in [-0.05, 0) is 0 Å². The summed E-state index contributed by atoms with van der Waals surface area (Å²) in [4.78, 5) is 10.3. The Morgan fingerprint density at radius 3 is 2.25 bits per heavy atom. The van der Waals surface area contributed by atoms with E-state index in [4.69, 9.17) is 5.11 Å². The number of alkyl halides is 3. The third-order valence-electron chi connectivity index (χ3n) is 0.992. The van der Waals surface area contributed by atoms with Crippen molar-refractivity contribution >= 4 is 5.97 Å². The molecule has 0 aliphatic heterocycles. The van der Waals surface area contributed by atoms with Gasteiger partial charge in [0.05, 0.1) is 0 Å². The summed E-state index contributed by atoms with van der Waals surface area (Å²) in [5, 5.41) is 8.54. The predicted molar refractivity (Wildman–Crippen MR) is 33.0 cm³/mol. The minimum Gasteiger partial charge on any atom is -0.420 e. The number of esters is 1. The fourth-order valence-corrected chi connectivity index (χ4v) is 0.295. The van der Waals surface area contributed by atoms with E-state index in [0.29, 0.717) is 13.0 Å². The molecule has 12 heavy (non-hydrogen) atoms. The van der Waals surface area contributed by atoms with Gasteiger partial charge in [0.25, 0.3) is 0 Å². The lowest BCUT2D eigenvalue weighted by molar-refractivity contribution is -0.341. The first-order chi connectivity index (χ1) is 5.20. The van der Waals surface area contributed by atoms with Crippen LogP contribution in [-0.2, 0) is 9.53 Å². The van der Waals surface area contributed by atoms with Crippen LogP contribution in [0.15, 0.2) is 12.7 Å². The number of carbonyl (C=O) groups excluding carboxylic acids is 1. The van der Waals surface area contributed by atoms with Crippen LogP contribution in [0.3, 0.4) is 0 Å². The minimum atomic E-state index is -5.01. The summed E-state index contributed by atoms with van der Waals surface area (Å²) >= 11 is 0. The number of ether oxygens (including phenoxy) is 1. The molecular formula is C6H7F3O3. The van der Waals surface area contributed by atoms with Crippen LogP contribution in [0, 0.1) is 0 Å². The molecule has 1 N–H and O–H groups in total. The summed E-state index contributed by atoms with van der Waals surface area (Å²) in [6, 6.07) is 0. The van der Waals surface area contributed by atoms with E-state index >= 15 is 0 Å². The highest BCUT2D eigenvalue weighted by Gasteiger charge is 2.53. The molecule has 0 aliphatic carbocycles. The van der Waals surface area contributed by atoms with Crippen LogP contribution in [0.25, 0.3) is 0 Å². The van der Waals surface area contributed by atoms with Crippen molar-refractivity contribution in [3.05, 3.63) is 12.7 Å². The summed E-state index contributed by atoms with van der Waals surface area (Å²) in [6.45, 7) is 3.20. The van der Waals surface area contributed by atoms with Crippen molar-refractivity contribution in [1.29, 1.82) is 0 Å². The van der Waals surface area contributed by atoms with Gasteiger partial charge in [0, 0.05) is 13.0 Å². The molecular weight excluding hydrogens is 177 g/mol. The van der Waals surface area contributed by atoms with E-state index in [1.807, 2.05) is 0 Å². The van der Waals surface area contributed by atoms with Gasteiger partial charge in [0.2, 0.25) is 0 Å². The normalized spacial score (nSPS) is 16.4. The second kappa shape index (κ2) is 3.14. The number of hydrogen-bond donors (Lipinski definition) is 1. The van der Waals surface area contributed by atoms with Gasteiger partial charge in [-0.3, -0.25) is 0 Å². The third-order valence-corrected chi connectivity index (χ3v) is 0.992. The molecule has 6 heteroatoms. The molecule has 1 atom stereocenters. The molecule has 0 aromatic carbocycles. The van der Waals surface area contributed by atoms with E-state index in [0.717, 1.165) is 0 Å². The predicted octanol–water partition coefficient (Wildman–Crippen LogP) is 0.986. The Bertz CT molecular complexity index is 195. The molecule has 0 radical (unpaired) electrons. The van der Waals surface area contributed by atoms with Gasteiger partial charge in [-0.1, -0.05) is 6.58 Å². The fraction of sp³-hybridized carbons (Fsp3) is 0.500. The largest absolute Gasteiger partial charge is 0.455 e. The minimum absolute atomic E-state index is 0.328. The first kappa shape index (κ1) is 11.0. The third kappa shape index (κ3) is 2.54. The van der Waals surface area contributed by atoms with E-state index in [1.54, 1.807) is 0 Å². The number of halogens is 3. The highest BCUT2D eigenvalue weighted by molar-refractivity contribution is 5.81. The number of aliphatic hydroxyl groups is 1. The average molecular weight is 184 g/mol. The van der Waals surface area contributed by atoms with Crippen molar-refractivity contribution in [2.45, 2.75) is 18.9 Å². The first-order valence-corrected chi connectivity index (χ1v) is 2.85. The standard InChI is InChI=1S/C6H7F3O3/c1-3-4(10)12-5(2,11)6(7,8)9/h3,11H,1H2,2H3. The zero-order valence-corrected chi connectivity index (χ0v) is 6.18. The van der Waals surface area contributed by atoms with Crippen LogP contribution in [0.1, 0.15) is 6.92 Å². The van der Waals surface area contributed by atoms with Crippen molar-refractivity contribution in [3.63, 3.8) is 0 Å².